The Morgan fingerprint density at radius 3 is 2.00 bits per heavy atom. The Labute approximate surface area is 194 Å². The van der Waals surface area contributed by atoms with Gasteiger partial charge in [0.25, 0.3) is 0 Å². The first-order chi connectivity index (χ1) is 15.6. The van der Waals surface area contributed by atoms with Crippen LogP contribution in [0.15, 0.2) is 66.8 Å². The van der Waals surface area contributed by atoms with Crippen LogP contribution in [0.1, 0.15) is 76.7 Å². The number of phenolic OH excluding ortho intramolecular Hbond substituents is 2. The number of hydrogen-bond acceptors (Lipinski definition) is 3. The fourth-order valence-electron chi connectivity index (χ4n) is 3.10. The minimum absolute atomic E-state index is 0.0453. The standard InChI is InChI=1S/C28H41NO3/c1-2-3-4-5-6-7-8-9-10-11-12-13-14-15-16-17-18-19-28(32)29-23-22-25-20-21-26(30)27(31)24-25/h6-7,9-10,12-13,15-16,20-21,24,30-31H,2-5,8,11,14,17-19,22-23H2,1H3,(H,29,32)/b7-6-,10-9-,13-12-,16-15-. The number of benzene rings is 1. The molecule has 0 saturated heterocycles. The topological polar surface area (TPSA) is 69.6 Å². The van der Waals surface area contributed by atoms with Crippen molar-refractivity contribution in [3.05, 3.63) is 72.4 Å². The molecule has 1 amide bonds. The Morgan fingerprint density at radius 1 is 0.812 bits per heavy atom. The summed E-state index contributed by atoms with van der Waals surface area (Å²) in [4.78, 5) is 11.9. The van der Waals surface area contributed by atoms with Gasteiger partial charge >= 0.3 is 0 Å². The van der Waals surface area contributed by atoms with Gasteiger partial charge in [-0.1, -0.05) is 74.4 Å². The van der Waals surface area contributed by atoms with Crippen molar-refractivity contribution < 1.29 is 15.0 Å². The quantitative estimate of drug-likeness (QED) is 0.140. The molecule has 0 atom stereocenters. The maximum absolute atomic E-state index is 11.9. The van der Waals surface area contributed by atoms with Gasteiger partial charge in [0.2, 0.25) is 5.91 Å². The van der Waals surface area contributed by atoms with Gasteiger partial charge in [-0.2, -0.15) is 0 Å². The third-order valence-electron chi connectivity index (χ3n) is 5.01. The summed E-state index contributed by atoms with van der Waals surface area (Å²) < 4.78 is 0. The lowest BCUT2D eigenvalue weighted by Crippen LogP contribution is -2.25. The molecule has 4 heteroatoms. The predicted molar refractivity (Wildman–Crippen MR) is 135 cm³/mol. The van der Waals surface area contributed by atoms with Crippen LogP contribution in [0.2, 0.25) is 0 Å². The number of allylic oxidation sites excluding steroid dienone is 8. The van der Waals surface area contributed by atoms with Gasteiger partial charge in [0, 0.05) is 13.0 Å². The molecule has 0 fully saturated rings. The fraction of sp³-hybridized carbons (Fsp3) is 0.464. The highest BCUT2D eigenvalue weighted by Crippen LogP contribution is 2.24. The summed E-state index contributed by atoms with van der Waals surface area (Å²) in [6.07, 6.45) is 28.5. The molecule has 176 valence electrons. The average Bonchev–Trinajstić information content (AvgIpc) is 2.78. The van der Waals surface area contributed by atoms with Gasteiger partial charge in [-0.05, 0) is 69.1 Å². The average molecular weight is 440 g/mol. The number of phenols is 2. The van der Waals surface area contributed by atoms with Crippen LogP contribution in [0.3, 0.4) is 0 Å². The van der Waals surface area contributed by atoms with E-state index in [1.165, 1.54) is 37.8 Å². The molecular formula is C28H41NO3. The van der Waals surface area contributed by atoms with Crippen LogP contribution in [0.25, 0.3) is 0 Å². The van der Waals surface area contributed by atoms with Crippen LogP contribution < -0.4 is 5.32 Å². The van der Waals surface area contributed by atoms with Gasteiger partial charge in [0.05, 0.1) is 0 Å². The molecule has 1 rings (SSSR count). The van der Waals surface area contributed by atoms with Crippen molar-refractivity contribution in [1.82, 2.24) is 5.32 Å². The highest BCUT2D eigenvalue weighted by Gasteiger charge is 2.03. The van der Waals surface area contributed by atoms with E-state index in [-0.39, 0.29) is 17.4 Å². The number of nitrogens with one attached hydrogen (secondary N) is 1. The Balaban J connectivity index is 1.97. The van der Waals surface area contributed by atoms with Crippen LogP contribution in [-0.2, 0) is 11.2 Å². The van der Waals surface area contributed by atoms with Crippen molar-refractivity contribution in [3.63, 3.8) is 0 Å². The van der Waals surface area contributed by atoms with Crippen molar-refractivity contribution >= 4 is 5.91 Å². The SMILES string of the molecule is CCCCC/C=C\C/C=C\C/C=C\C/C=C\CCCC(=O)NCCc1ccc(O)c(O)c1. The number of aromatic hydroxyl groups is 2. The molecule has 0 unspecified atom stereocenters. The number of amides is 1. The molecule has 4 nitrogen and oxygen atoms in total. The smallest absolute Gasteiger partial charge is 0.220 e. The van der Waals surface area contributed by atoms with E-state index in [0.29, 0.717) is 19.4 Å². The zero-order valence-electron chi connectivity index (χ0n) is 19.6. The number of rotatable bonds is 17. The number of carbonyl (C=O) groups is 1. The van der Waals surface area contributed by atoms with Crippen LogP contribution in [-0.4, -0.2) is 22.7 Å². The van der Waals surface area contributed by atoms with Gasteiger partial charge in [-0.15, -0.1) is 0 Å². The Morgan fingerprint density at radius 2 is 1.41 bits per heavy atom. The molecule has 0 radical (unpaired) electrons. The van der Waals surface area contributed by atoms with E-state index in [2.05, 4.69) is 60.8 Å². The van der Waals surface area contributed by atoms with E-state index in [1.54, 1.807) is 6.07 Å². The maximum Gasteiger partial charge on any atom is 0.220 e. The molecule has 0 aliphatic heterocycles. The van der Waals surface area contributed by atoms with Crippen LogP contribution in [0.5, 0.6) is 11.5 Å². The number of carbonyl (C=O) groups excluding carboxylic acids is 1. The number of hydrogen-bond donors (Lipinski definition) is 3. The summed E-state index contributed by atoms with van der Waals surface area (Å²) in [5.74, 6) is -0.216. The van der Waals surface area contributed by atoms with Crippen molar-refractivity contribution in [1.29, 1.82) is 0 Å². The second-order valence-corrected chi connectivity index (χ2v) is 7.90. The van der Waals surface area contributed by atoms with E-state index < -0.39 is 0 Å². The van der Waals surface area contributed by atoms with Crippen molar-refractivity contribution in [2.45, 2.75) is 77.6 Å². The molecular weight excluding hydrogens is 398 g/mol. The molecule has 0 bridgehead atoms. The van der Waals surface area contributed by atoms with E-state index in [1.807, 2.05) is 0 Å². The van der Waals surface area contributed by atoms with Crippen molar-refractivity contribution in [2.24, 2.45) is 0 Å². The molecule has 0 aliphatic carbocycles. The van der Waals surface area contributed by atoms with Crippen molar-refractivity contribution in [2.75, 3.05) is 6.54 Å². The summed E-state index contributed by atoms with van der Waals surface area (Å²) in [5.41, 5.74) is 0.877. The minimum atomic E-state index is -0.132. The molecule has 1 aromatic rings. The summed E-state index contributed by atoms with van der Waals surface area (Å²) in [6, 6.07) is 4.72. The summed E-state index contributed by atoms with van der Waals surface area (Å²) in [6.45, 7) is 2.75. The first-order valence-electron chi connectivity index (χ1n) is 12.0. The first kappa shape index (κ1) is 27.3. The summed E-state index contributed by atoms with van der Waals surface area (Å²) >= 11 is 0. The van der Waals surface area contributed by atoms with E-state index >= 15 is 0 Å². The van der Waals surface area contributed by atoms with Crippen molar-refractivity contribution in [3.8, 4) is 11.5 Å². The van der Waals surface area contributed by atoms with E-state index in [9.17, 15) is 15.0 Å². The number of unbranched alkanes of at least 4 members (excludes halogenated alkanes) is 4. The lowest BCUT2D eigenvalue weighted by molar-refractivity contribution is -0.121. The molecule has 0 saturated carbocycles. The zero-order valence-corrected chi connectivity index (χ0v) is 19.6. The predicted octanol–water partition coefficient (Wildman–Crippen LogP) is 6.90. The summed E-state index contributed by atoms with van der Waals surface area (Å²) in [7, 11) is 0. The second-order valence-electron chi connectivity index (χ2n) is 7.90. The zero-order chi connectivity index (χ0) is 23.3. The third-order valence-corrected chi connectivity index (χ3v) is 5.01. The first-order valence-corrected chi connectivity index (χ1v) is 12.0. The normalized spacial score (nSPS) is 12.0. The van der Waals surface area contributed by atoms with Crippen LogP contribution in [0.4, 0.5) is 0 Å². The van der Waals surface area contributed by atoms with E-state index in [0.717, 1.165) is 37.7 Å². The Bertz CT molecular complexity index is 747. The second kappa shape index (κ2) is 19.0. The Hall–Kier alpha value is -2.75. The van der Waals surface area contributed by atoms with Gasteiger partial charge in [0.15, 0.2) is 11.5 Å². The summed E-state index contributed by atoms with van der Waals surface area (Å²) in [5, 5.41) is 21.7. The molecule has 3 N–H and O–H groups in total. The highest BCUT2D eigenvalue weighted by atomic mass is 16.3. The monoisotopic (exact) mass is 439 g/mol. The molecule has 0 aliphatic rings. The molecule has 0 heterocycles. The van der Waals surface area contributed by atoms with Gasteiger partial charge < -0.3 is 15.5 Å². The van der Waals surface area contributed by atoms with Gasteiger partial charge in [-0.25, -0.2) is 0 Å². The minimum Gasteiger partial charge on any atom is -0.504 e. The molecule has 32 heavy (non-hydrogen) atoms. The van der Waals surface area contributed by atoms with Gasteiger partial charge in [-0.3, -0.25) is 4.79 Å². The fourth-order valence-corrected chi connectivity index (χ4v) is 3.10. The highest BCUT2D eigenvalue weighted by molar-refractivity contribution is 5.75. The van der Waals surface area contributed by atoms with Crippen LogP contribution >= 0.6 is 0 Å². The largest absolute Gasteiger partial charge is 0.504 e. The molecule has 0 aromatic heterocycles. The maximum atomic E-state index is 11.9. The third kappa shape index (κ3) is 15.1. The van der Waals surface area contributed by atoms with Gasteiger partial charge in [0.1, 0.15) is 0 Å². The van der Waals surface area contributed by atoms with Crippen LogP contribution in [0, 0.1) is 0 Å². The molecule has 1 aromatic carbocycles. The van der Waals surface area contributed by atoms with E-state index in [4.69, 9.17) is 0 Å². The lowest BCUT2D eigenvalue weighted by Gasteiger charge is -2.06. The Kier molecular flexibility index (Phi) is 16.2. The lowest BCUT2D eigenvalue weighted by atomic mass is 10.1. The molecule has 0 spiro atoms.